The molecule has 2 N–H and O–H groups in total. The summed E-state index contributed by atoms with van der Waals surface area (Å²) < 4.78 is 50.0. The van der Waals surface area contributed by atoms with Crippen molar-refractivity contribution in [3.8, 4) is 0 Å². The molecule has 1 aromatic carbocycles. The quantitative estimate of drug-likeness (QED) is 0.691. The van der Waals surface area contributed by atoms with E-state index < -0.39 is 21.7 Å². The number of carbonyl (C=O) groups is 1. The SMILES string of the molecule is CC(C)(C)OC(=O)NC/C(=C\F)CNc1ccc(S(=O)(=O)N2CCOCC2)cc1. The first kappa shape index (κ1) is 23.1. The third kappa shape index (κ3) is 7.30. The highest BCUT2D eigenvalue weighted by molar-refractivity contribution is 7.89. The van der Waals surface area contributed by atoms with Crippen molar-refractivity contribution >= 4 is 21.8 Å². The molecule has 0 unspecified atom stereocenters. The Morgan fingerprint density at radius 2 is 1.83 bits per heavy atom. The van der Waals surface area contributed by atoms with Crippen LogP contribution in [0.4, 0.5) is 14.9 Å². The minimum atomic E-state index is -3.56. The summed E-state index contributed by atoms with van der Waals surface area (Å²) in [5, 5.41) is 5.48. The van der Waals surface area contributed by atoms with E-state index in [9.17, 15) is 17.6 Å². The lowest BCUT2D eigenvalue weighted by atomic mass is 10.2. The molecule has 10 heteroatoms. The van der Waals surface area contributed by atoms with E-state index in [2.05, 4.69) is 10.6 Å². The van der Waals surface area contributed by atoms with Crippen LogP contribution in [0.3, 0.4) is 0 Å². The van der Waals surface area contributed by atoms with Gasteiger partial charge in [0.25, 0.3) is 0 Å². The summed E-state index contributed by atoms with van der Waals surface area (Å²) in [7, 11) is -3.56. The van der Waals surface area contributed by atoms with Gasteiger partial charge in [-0.2, -0.15) is 4.31 Å². The number of anilines is 1. The van der Waals surface area contributed by atoms with E-state index in [1.54, 1.807) is 32.9 Å². The van der Waals surface area contributed by atoms with Gasteiger partial charge < -0.3 is 20.1 Å². The lowest BCUT2D eigenvalue weighted by Crippen LogP contribution is -2.40. The zero-order valence-corrected chi connectivity index (χ0v) is 17.7. The molecule has 1 saturated heterocycles. The Morgan fingerprint density at radius 3 is 2.38 bits per heavy atom. The molecule has 1 heterocycles. The van der Waals surface area contributed by atoms with Gasteiger partial charge >= 0.3 is 6.09 Å². The van der Waals surface area contributed by atoms with Crippen LogP contribution >= 0.6 is 0 Å². The van der Waals surface area contributed by atoms with Crippen molar-refractivity contribution in [1.29, 1.82) is 0 Å². The van der Waals surface area contributed by atoms with Crippen molar-refractivity contribution < 1.29 is 27.1 Å². The fourth-order valence-corrected chi connectivity index (χ4v) is 3.94. The van der Waals surface area contributed by atoms with E-state index in [1.165, 1.54) is 16.4 Å². The van der Waals surface area contributed by atoms with E-state index in [0.717, 1.165) is 0 Å². The Labute approximate surface area is 171 Å². The fourth-order valence-electron chi connectivity index (χ4n) is 2.54. The average Bonchev–Trinajstić information content (AvgIpc) is 2.68. The highest BCUT2D eigenvalue weighted by atomic mass is 32.2. The monoisotopic (exact) mass is 429 g/mol. The molecular weight excluding hydrogens is 401 g/mol. The first-order chi connectivity index (χ1) is 13.6. The second-order valence-corrected chi connectivity index (χ2v) is 9.46. The van der Waals surface area contributed by atoms with Gasteiger partial charge in [-0.1, -0.05) is 0 Å². The van der Waals surface area contributed by atoms with E-state index in [1.807, 2.05) is 0 Å². The lowest BCUT2D eigenvalue weighted by Gasteiger charge is -2.26. The minimum Gasteiger partial charge on any atom is -0.444 e. The number of hydrogen-bond acceptors (Lipinski definition) is 6. The lowest BCUT2D eigenvalue weighted by molar-refractivity contribution is 0.0532. The van der Waals surface area contributed by atoms with Crippen LogP contribution in [0, 0.1) is 0 Å². The van der Waals surface area contributed by atoms with Gasteiger partial charge in [-0.3, -0.25) is 0 Å². The molecule has 0 aliphatic carbocycles. The number of rotatable bonds is 7. The molecule has 1 amide bonds. The van der Waals surface area contributed by atoms with Crippen LogP contribution in [0.25, 0.3) is 0 Å². The third-order valence-corrected chi connectivity index (χ3v) is 5.91. The number of nitrogens with zero attached hydrogens (tertiary/aromatic N) is 1. The average molecular weight is 430 g/mol. The molecule has 1 aliphatic rings. The first-order valence-electron chi connectivity index (χ1n) is 9.28. The summed E-state index contributed by atoms with van der Waals surface area (Å²) in [6, 6.07) is 6.24. The van der Waals surface area contributed by atoms with Crippen molar-refractivity contribution in [2.24, 2.45) is 0 Å². The standard InChI is InChI=1S/C19H28FN3O5S/c1-19(2,3)28-18(24)22-14-15(12-20)13-21-16-4-6-17(7-5-16)29(25,26)23-8-10-27-11-9-23/h4-7,12,21H,8-11,13-14H2,1-3H3,(H,22,24)/b15-12-. The Kier molecular flexibility index (Phi) is 8.00. The van der Waals surface area contributed by atoms with Crippen LogP contribution in [0.1, 0.15) is 20.8 Å². The number of alkyl carbamates (subject to hydrolysis) is 1. The molecule has 0 atom stereocenters. The highest BCUT2D eigenvalue weighted by Gasteiger charge is 2.26. The molecule has 29 heavy (non-hydrogen) atoms. The topological polar surface area (TPSA) is 97.0 Å². The number of ether oxygens (including phenoxy) is 2. The maximum Gasteiger partial charge on any atom is 0.407 e. The number of halogens is 1. The second kappa shape index (κ2) is 10.0. The summed E-state index contributed by atoms with van der Waals surface area (Å²) >= 11 is 0. The molecule has 1 aliphatic heterocycles. The highest BCUT2D eigenvalue weighted by Crippen LogP contribution is 2.19. The Morgan fingerprint density at radius 1 is 1.21 bits per heavy atom. The smallest absolute Gasteiger partial charge is 0.407 e. The molecule has 2 rings (SSSR count). The van der Waals surface area contributed by atoms with Crippen molar-refractivity contribution in [3.63, 3.8) is 0 Å². The Hall–Kier alpha value is -2.17. The van der Waals surface area contributed by atoms with Gasteiger partial charge in [-0.25, -0.2) is 17.6 Å². The molecule has 8 nitrogen and oxygen atoms in total. The van der Waals surface area contributed by atoms with Gasteiger partial charge in [0, 0.05) is 31.9 Å². The Balaban J connectivity index is 1.88. The second-order valence-electron chi connectivity index (χ2n) is 7.52. The first-order valence-corrected chi connectivity index (χ1v) is 10.7. The van der Waals surface area contributed by atoms with Gasteiger partial charge in [-0.05, 0) is 50.6 Å². The number of benzene rings is 1. The van der Waals surface area contributed by atoms with Crippen LogP contribution in [-0.2, 0) is 19.5 Å². The van der Waals surface area contributed by atoms with Crippen LogP contribution < -0.4 is 10.6 Å². The third-order valence-electron chi connectivity index (χ3n) is 3.99. The maximum absolute atomic E-state index is 13.1. The maximum atomic E-state index is 13.1. The van der Waals surface area contributed by atoms with E-state index in [0.29, 0.717) is 43.9 Å². The van der Waals surface area contributed by atoms with Gasteiger partial charge in [0.2, 0.25) is 10.0 Å². The summed E-state index contributed by atoms with van der Waals surface area (Å²) in [5.41, 5.74) is 0.300. The predicted octanol–water partition coefficient (Wildman–Crippen LogP) is 2.50. The van der Waals surface area contributed by atoms with Gasteiger partial charge in [0.1, 0.15) is 5.60 Å². The normalized spacial score (nSPS) is 16.3. The molecule has 0 spiro atoms. The van der Waals surface area contributed by atoms with E-state index in [-0.39, 0.29) is 18.0 Å². The van der Waals surface area contributed by atoms with Crippen molar-refractivity contribution in [2.45, 2.75) is 31.3 Å². The number of carbonyl (C=O) groups excluding carboxylic acids is 1. The number of amides is 1. The minimum absolute atomic E-state index is 0.0120. The molecule has 0 saturated carbocycles. The number of hydrogen-bond donors (Lipinski definition) is 2. The fraction of sp³-hybridized carbons (Fsp3) is 0.526. The van der Waals surface area contributed by atoms with Crippen LogP contribution in [-0.4, -0.2) is 63.8 Å². The van der Waals surface area contributed by atoms with Crippen molar-refractivity contribution in [1.82, 2.24) is 9.62 Å². The Bertz CT molecular complexity index is 813. The zero-order chi connectivity index (χ0) is 21.5. The van der Waals surface area contributed by atoms with Gasteiger partial charge in [0.15, 0.2) is 0 Å². The zero-order valence-electron chi connectivity index (χ0n) is 16.9. The largest absolute Gasteiger partial charge is 0.444 e. The summed E-state index contributed by atoms with van der Waals surface area (Å²) in [6.45, 7) is 6.77. The number of nitrogens with one attached hydrogen (secondary N) is 2. The molecule has 0 aromatic heterocycles. The van der Waals surface area contributed by atoms with Crippen LogP contribution in [0.15, 0.2) is 41.1 Å². The summed E-state index contributed by atoms with van der Waals surface area (Å²) in [6.07, 6.45) is -0.212. The number of sulfonamides is 1. The van der Waals surface area contributed by atoms with Crippen molar-refractivity contribution in [2.75, 3.05) is 44.7 Å². The molecule has 0 bridgehead atoms. The van der Waals surface area contributed by atoms with Gasteiger partial charge in [-0.15, -0.1) is 0 Å². The predicted molar refractivity (Wildman–Crippen MR) is 108 cm³/mol. The molecule has 162 valence electrons. The summed E-state index contributed by atoms with van der Waals surface area (Å²) in [4.78, 5) is 11.8. The van der Waals surface area contributed by atoms with Crippen LogP contribution in [0.5, 0.6) is 0 Å². The molecule has 0 radical (unpaired) electrons. The van der Waals surface area contributed by atoms with E-state index in [4.69, 9.17) is 9.47 Å². The molecule has 1 aromatic rings. The van der Waals surface area contributed by atoms with Gasteiger partial charge in [0.05, 0.1) is 24.4 Å². The molecule has 1 fully saturated rings. The molecular formula is C19H28FN3O5S. The summed E-state index contributed by atoms with van der Waals surface area (Å²) in [5.74, 6) is 0. The van der Waals surface area contributed by atoms with Crippen LogP contribution in [0.2, 0.25) is 0 Å². The van der Waals surface area contributed by atoms with E-state index >= 15 is 0 Å². The van der Waals surface area contributed by atoms with Crippen molar-refractivity contribution in [3.05, 3.63) is 36.2 Å². The number of morpholine rings is 1.